The lowest BCUT2D eigenvalue weighted by molar-refractivity contribution is -0.384. The number of hydrogen-bond acceptors (Lipinski definition) is 7. The second kappa shape index (κ2) is 15.1. The number of hydrogen-bond donors (Lipinski definition) is 0. The van der Waals surface area contributed by atoms with E-state index in [1.807, 2.05) is 30.3 Å². The molecule has 0 aromatic heterocycles. The predicted molar refractivity (Wildman–Crippen MR) is 169 cm³/mol. The van der Waals surface area contributed by atoms with E-state index in [2.05, 4.69) is 30.0 Å². The third-order valence-electron chi connectivity index (χ3n) is 8.62. The van der Waals surface area contributed by atoms with E-state index in [4.69, 9.17) is 0 Å². The molecule has 10 heteroatoms. The lowest BCUT2D eigenvalue weighted by Crippen LogP contribution is -2.41. The zero-order chi connectivity index (χ0) is 31.6. The largest absolute Gasteiger partial charge is 0.530 e. The maximum absolute atomic E-state index is 13.1. The van der Waals surface area contributed by atoms with Gasteiger partial charge in [-0.25, -0.2) is 8.42 Å². The first kappa shape index (κ1) is 32.9. The van der Waals surface area contributed by atoms with Crippen molar-refractivity contribution < 1.29 is 23.2 Å². The fourth-order valence-corrected chi connectivity index (χ4v) is 7.19. The van der Waals surface area contributed by atoms with Gasteiger partial charge >= 0.3 is 0 Å². The highest BCUT2D eigenvalue weighted by Crippen LogP contribution is 2.33. The number of rotatable bonds is 14. The van der Waals surface area contributed by atoms with Crippen LogP contribution in [-0.4, -0.2) is 61.2 Å². The Hall–Kier alpha value is -4.02. The molecule has 1 heterocycles. The van der Waals surface area contributed by atoms with Gasteiger partial charge in [0.25, 0.3) is 5.69 Å². The maximum atomic E-state index is 13.1. The molecule has 1 aliphatic rings. The number of carboxylic acid groups (broad SMARTS) is 1. The molecule has 1 saturated heterocycles. The Morgan fingerprint density at radius 1 is 0.977 bits per heavy atom. The highest BCUT2D eigenvalue weighted by Gasteiger charge is 2.30. The smallest absolute Gasteiger partial charge is 0.269 e. The van der Waals surface area contributed by atoms with Crippen LogP contribution < -0.4 is 5.11 Å². The van der Waals surface area contributed by atoms with Crippen molar-refractivity contribution in [2.24, 2.45) is 5.92 Å². The van der Waals surface area contributed by atoms with Gasteiger partial charge in [-0.05, 0) is 79.9 Å². The molecule has 1 fully saturated rings. The molecule has 0 radical (unpaired) electrons. The molecular formula is C34H40N3O6S-. The Bertz CT molecular complexity index is 1510. The first-order valence-corrected chi connectivity index (χ1v) is 16.6. The number of nitrogens with zero attached hydrogens (tertiary/aromatic N) is 3. The van der Waals surface area contributed by atoms with Crippen molar-refractivity contribution in [2.75, 3.05) is 31.9 Å². The van der Waals surface area contributed by atoms with Crippen LogP contribution in [0.1, 0.15) is 43.7 Å². The number of likely N-dealkylation sites (tertiary alicyclic amines) is 1. The zero-order valence-corrected chi connectivity index (χ0v) is 25.9. The number of allylic oxidation sites excluding steroid dienone is 1. The highest BCUT2D eigenvalue weighted by atomic mass is 32.2. The van der Waals surface area contributed by atoms with Crippen LogP contribution in [0.25, 0.3) is 0 Å². The Morgan fingerprint density at radius 3 is 2.18 bits per heavy atom. The second-order valence-corrected chi connectivity index (χ2v) is 13.8. The van der Waals surface area contributed by atoms with Crippen molar-refractivity contribution in [1.82, 2.24) is 9.80 Å². The van der Waals surface area contributed by atoms with E-state index in [0.29, 0.717) is 22.8 Å². The third-order valence-corrected chi connectivity index (χ3v) is 10.4. The first-order valence-electron chi connectivity index (χ1n) is 15.0. The average Bonchev–Trinajstić information content (AvgIpc) is 3.04. The van der Waals surface area contributed by atoms with Gasteiger partial charge in [0.2, 0.25) is 0 Å². The molecule has 3 aromatic carbocycles. The van der Waals surface area contributed by atoms with Gasteiger partial charge in [0.1, 0.15) is 6.09 Å². The van der Waals surface area contributed by atoms with Gasteiger partial charge in [-0.1, -0.05) is 79.7 Å². The molecular weight excluding hydrogens is 578 g/mol. The summed E-state index contributed by atoms with van der Waals surface area (Å²) < 4.78 is 26.1. The highest BCUT2D eigenvalue weighted by molar-refractivity contribution is 7.91. The average molecular weight is 619 g/mol. The molecule has 4 rings (SSSR count). The summed E-state index contributed by atoms with van der Waals surface area (Å²) in [7, 11) is -3.38. The van der Waals surface area contributed by atoms with Crippen LogP contribution >= 0.6 is 0 Å². The topological polar surface area (TPSA) is 124 Å². The van der Waals surface area contributed by atoms with E-state index < -0.39 is 20.9 Å². The molecule has 1 amide bonds. The minimum atomic E-state index is -3.38. The monoisotopic (exact) mass is 618 g/mol. The summed E-state index contributed by atoms with van der Waals surface area (Å²) >= 11 is 0. The molecule has 0 bridgehead atoms. The summed E-state index contributed by atoms with van der Waals surface area (Å²) in [6.07, 6.45) is 5.92. The maximum Gasteiger partial charge on any atom is 0.269 e. The number of non-ortho nitro benzene ring substituents is 1. The van der Waals surface area contributed by atoms with E-state index in [1.54, 1.807) is 36.4 Å². The molecule has 9 nitrogen and oxygen atoms in total. The molecule has 1 unspecified atom stereocenters. The summed E-state index contributed by atoms with van der Waals surface area (Å²) in [4.78, 5) is 26.0. The van der Waals surface area contributed by atoms with Crippen molar-refractivity contribution in [3.63, 3.8) is 0 Å². The molecule has 1 atom stereocenters. The van der Waals surface area contributed by atoms with Gasteiger partial charge in [0.15, 0.2) is 9.84 Å². The third kappa shape index (κ3) is 9.24. The summed E-state index contributed by atoms with van der Waals surface area (Å²) in [5, 5.41) is 22.5. The Kier molecular flexibility index (Phi) is 11.3. The number of piperidine rings is 1. The van der Waals surface area contributed by atoms with Crippen LogP contribution in [0, 0.1) is 16.0 Å². The molecule has 0 aliphatic carbocycles. The van der Waals surface area contributed by atoms with Crippen molar-refractivity contribution >= 4 is 21.6 Å². The lowest BCUT2D eigenvalue weighted by Gasteiger charge is -2.36. The van der Waals surface area contributed by atoms with Crippen LogP contribution in [0.3, 0.4) is 0 Å². The first-order chi connectivity index (χ1) is 21.1. The van der Waals surface area contributed by atoms with E-state index in [9.17, 15) is 28.4 Å². The van der Waals surface area contributed by atoms with Crippen LogP contribution in [0.2, 0.25) is 0 Å². The quantitative estimate of drug-likeness (QED) is 0.138. The minimum Gasteiger partial charge on any atom is -0.530 e. The molecule has 0 N–H and O–H groups in total. The van der Waals surface area contributed by atoms with Gasteiger partial charge in [0, 0.05) is 25.2 Å². The van der Waals surface area contributed by atoms with Crippen molar-refractivity contribution in [1.29, 1.82) is 0 Å². The zero-order valence-electron chi connectivity index (χ0n) is 25.1. The fourth-order valence-electron chi connectivity index (χ4n) is 5.66. The Labute approximate surface area is 259 Å². The van der Waals surface area contributed by atoms with Gasteiger partial charge in [-0.2, -0.15) is 0 Å². The van der Waals surface area contributed by atoms with Crippen LogP contribution in [-0.2, 0) is 21.8 Å². The summed E-state index contributed by atoms with van der Waals surface area (Å²) in [6, 6.07) is 24.6. The van der Waals surface area contributed by atoms with E-state index in [-0.39, 0.29) is 29.9 Å². The molecule has 1 aliphatic heterocycles. The van der Waals surface area contributed by atoms with Gasteiger partial charge in [-0.3, -0.25) is 10.1 Å². The normalized spacial score (nSPS) is 16.0. The van der Waals surface area contributed by atoms with Crippen molar-refractivity contribution in [2.45, 2.75) is 49.5 Å². The summed E-state index contributed by atoms with van der Waals surface area (Å²) in [5.74, 6) is 0.424. The number of sulfone groups is 1. The van der Waals surface area contributed by atoms with Crippen LogP contribution in [0.15, 0.2) is 102 Å². The van der Waals surface area contributed by atoms with Crippen molar-refractivity contribution in [3.05, 3.63) is 118 Å². The van der Waals surface area contributed by atoms with Gasteiger partial charge in [-0.15, -0.1) is 0 Å². The molecule has 3 aromatic rings. The fraction of sp³-hybridized carbons (Fsp3) is 0.382. The molecule has 234 valence electrons. The molecule has 0 spiro atoms. The number of nitro benzene ring substituents is 1. The second-order valence-electron chi connectivity index (χ2n) is 11.7. The standard InChI is InChI=1S/C34H41N3O6S/c1-34(30-10-4-2-5-11-30,21-26-44(42,43)32-12-6-3-7-13-32)20-25-35-23-18-28(19-24-35)9-8-22-36(33(38)39)27-29-14-16-31(17-15-29)37(40)41/h2-17,28H,18-27H2,1H3,(H,38,39)/p-1. The number of benzene rings is 3. The SMILES string of the molecule is CC(CCN1CCC(C=CCN(Cc2ccc([N+](=O)[O-])cc2)C(=O)[O-])CC1)(CCS(=O)(=O)c1ccccc1)c1ccccc1. The number of amides is 1. The van der Waals surface area contributed by atoms with Gasteiger partial charge < -0.3 is 19.7 Å². The summed E-state index contributed by atoms with van der Waals surface area (Å²) in [6.45, 7) is 5.13. The lowest BCUT2D eigenvalue weighted by atomic mass is 9.77. The number of carbonyl (C=O) groups is 1. The van der Waals surface area contributed by atoms with Crippen molar-refractivity contribution in [3.8, 4) is 0 Å². The van der Waals surface area contributed by atoms with E-state index in [1.165, 1.54) is 17.0 Å². The van der Waals surface area contributed by atoms with Gasteiger partial charge in [0.05, 0.1) is 15.6 Å². The Balaban J connectivity index is 1.28. The van der Waals surface area contributed by atoms with E-state index in [0.717, 1.165) is 44.5 Å². The molecule has 0 saturated carbocycles. The predicted octanol–water partition coefficient (Wildman–Crippen LogP) is 5.22. The Morgan fingerprint density at radius 2 is 1.59 bits per heavy atom. The van der Waals surface area contributed by atoms with Crippen LogP contribution in [0.4, 0.5) is 10.5 Å². The van der Waals surface area contributed by atoms with E-state index >= 15 is 0 Å². The number of nitro groups is 1. The number of carbonyl (C=O) groups excluding carboxylic acids is 1. The van der Waals surface area contributed by atoms with Crippen LogP contribution in [0.5, 0.6) is 0 Å². The minimum absolute atomic E-state index is 0.0410. The summed E-state index contributed by atoms with van der Waals surface area (Å²) in [5.41, 5.74) is 1.47. The molecule has 44 heavy (non-hydrogen) atoms.